The zero-order valence-electron chi connectivity index (χ0n) is 12.1. The van der Waals surface area contributed by atoms with Crippen molar-refractivity contribution in [2.24, 2.45) is 5.92 Å². The average Bonchev–Trinajstić information content (AvgIpc) is 2.65. The van der Waals surface area contributed by atoms with Gasteiger partial charge >= 0.3 is 0 Å². The van der Waals surface area contributed by atoms with Crippen LogP contribution in [0.5, 0.6) is 0 Å². The van der Waals surface area contributed by atoms with Crippen LogP contribution in [0, 0.1) is 5.92 Å². The molecule has 0 heterocycles. The zero-order chi connectivity index (χ0) is 13.9. The van der Waals surface area contributed by atoms with E-state index in [1.165, 1.54) is 41.5 Å². The second-order valence-corrected chi connectivity index (χ2v) is 6.09. The summed E-state index contributed by atoms with van der Waals surface area (Å²) in [7, 11) is 0. The van der Waals surface area contributed by atoms with Gasteiger partial charge in [-0.25, -0.2) is 0 Å². The molecule has 1 aromatic carbocycles. The third-order valence-corrected chi connectivity index (χ3v) is 4.85. The highest BCUT2D eigenvalue weighted by Crippen LogP contribution is 2.40. The summed E-state index contributed by atoms with van der Waals surface area (Å²) in [4.78, 5) is 0. The Morgan fingerprint density at radius 2 is 1.90 bits per heavy atom. The number of aliphatic hydroxyl groups is 1. The minimum Gasteiger partial charge on any atom is -0.388 e. The lowest BCUT2D eigenvalue weighted by Gasteiger charge is -2.28. The fraction of sp³-hybridized carbons (Fsp3) is 0.474. The van der Waals surface area contributed by atoms with Crippen LogP contribution in [-0.2, 0) is 6.42 Å². The van der Waals surface area contributed by atoms with E-state index < -0.39 is 0 Å². The first-order valence-corrected chi connectivity index (χ1v) is 7.93. The molecule has 0 aliphatic heterocycles. The minimum atomic E-state index is -0.297. The summed E-state index contributed by atoms with van der Waals surface area (Å²) in [6.45, 7) is 4.02. The molecule has 1 fully saturated rings. The van der Waals surface area contributed by atoms with Gasteiger partial charge in [-0.3, -0.25) is 0 Å². The van der Waals surface area contributed by atoms with Crippen LogP contribution in [0.25, 0.3) is 5.57 Å². The van der Waals surface area contributed by atoms with Crippen molar-refractivity contribution >= 4 is 5.57 Å². The van der Waals surface area contributed by atoms with Crippen molar-refractivity contribution < 1.29 is 5.11 Å². The fourth-order valence-electron chi connectivity index (χ4n) is 3.83. The Morgan fingerprint density at radius 3 is 2.75 bits per heavy atom. The van der Waals surface area contributed by atoms with Gasteiger partial charge < -0.3 is 5.11 Å². The molecule has 1 aromatic rings. The Labute approximate surface area is 122 Å². The Morgan fingerprint density at radius 1 is 1.05 bits per heavy atom. The number of hydrogen-bond donors (Lipinski definition) is 1. The van der Waals surface area contributed by atoms with Gasteiger partial charge in [0, 0.05) is 0 Å². The van der Waals surface area contributed by atoms with E-state index in [9.17, 15) is 5.11 Å². The van der Waals surface area contributed by atoms with Crippen LogP contribution in [0.3, 0.4) is 0 Å². The maximum Gasteiger partial charge on any atom is 0.0795 e. The first kappa shape index (κ1) is 13.6. The van der Waals surface area contributed by atoms with Crippen LogP contribution in [0.2, 0.25) is 0 Å². The van der Waals surface area contributed by atoms with Crippen molar-refractivity contribution in [1.82, 2.24) is 0 Å². The number of benzene rings is 1. The molecule has 3 rings (SSSR count). The smallest absolute Gasteiger partial charge is 0.0795 e. The van der Waals surface area contributed by atoms with Gasteiger partial charge in [0.2, 0.25) is 0 Å². The number of aliphatic hydroxyl groups excluding tert-OH is 1. The van der Waals surface area contributed by atoms with Gasteiger partial charge in [0.25, 0.3) is 0 Å². The highest BCUT2D eigenvalue weighted by Gasteiger charge is 2.27. The fourth-order valence-corrected chi connectivity index (χ4v) is 3.83. The molecule has 0 saturated heterocycles. The molecule has 0 bridgehead atoms. The van der Waals surface area contributed by atoms with Crippen molar-refractivity contribution in [2.75, 3.05) is 0 Å². The van der Waals surface area contributed by atoms with Crippen molar-refractivity contribution in [3.8, 4) is 0 Å². The van der Waals surface area contributed by atoms with Gasteiger partial charge in [-0.2, -0.15) is 0 Å². The number of rotatable bonds is 1. The van der Waals surface area contributed by atoms with Gasteiger partial charge in [-0.1, -0.05) is 42.3 Å². The van der Waals surface area contributed by atoms with E-state index in [2.05, 4.69) is 36.9 Å². The van der Waals surface area contributed by atoms with Gasteiger partial charge in [-0.05, 0) is 61.1 Å². The van der Waals surface area contributed by atoms with E-state index in [0.29, 0.717) is 5.92 Å². The van der Waals surface area contributed by atoms with Crippen LogP contribution < -0.4 is 0 Å². The SMILES string of the molecule is C=CC1CCCC/C1=C1\c2ccccc2CCCC1O. The number of aryl methyl sites for hydroxylation is 1. The van der Waals surface area contributed by atoms with E-state index in [1.54, 1.807) is 0 Å². The van der Waals surface area contributed by atoms with Crippen LogP contribution in [0.1, 0.15) is 49.7 Å². The lowest BCUT2D eigenvalue weighted by Crippen LogP contribution is -2.17. The van der Waals surface area contributed by atoms with Crippen LogP contribution in [-0.4, -0.2) is 11.2 Å². The lowest BCUT2D eigenvalue weighted by atomic mass is 9.78. The van der Waals surface area contributed by atoms with Gasteiger partial charge in [0.05, 0.1) is 6.10 Å². The third kappa shape index (κ3) is 2.47. The zero-order valence-corrected chi connectivity index (χ0v) is 12.1. The van der Waals surface area contributed by atoms with Gasteiger partial charge in [-0.15, -0.1) is 6.58 Å². The molecule has 1 nitrogen and oxygen atoms in total. The predicted octanol–water partition coefficient (Wildman–Crippen LogP) is 4.51. The third-order valence-electron chi connectivity index (χ3n) is 4.85. The van der Waals surface area contributed by atoms with Crippen molar-refractivity contribution in [2.45, 2.75) is 51.0 Å². The molecule has 1 heteroatoms. The van der Waals surface area contributed by atoms with E-state index in [0.717, 1.165) is 25.7 Å². The van der Waals surface area contributed by atoms with E-state index in [4.69, 9.17) is 0 Å². The molecule has 2 atom stereocenters. The van der Waals surface area contributed by atoms with E-state index >= 15 is 0 Å². The Hall–Kier alpha value is -1.34. The Kier molecular flexibility index (Phi) is 4.07. The molecule has 0 aromatic heterocycles. The van der Waals surface area contributed by atoms with E-state index in [1.807, 2.05) is 0 Å². The standard InChI is InChI=1S/C19H24O/c1-2-14-8-3-5-11-16(14)19-17-12-6-4-9-15(17)10-7-13-18(19)20/h2,4,6,9,12,14,18,20H,1,3,5,7-8,10-11,13H2/b19-16-. The summed E-state index contributed by atoms with van der Waals surface area (Å²) < 4.78 is 0. The second kappa shape index (κ2) is 5.97. The molecule has 0 spiro atoms. The molecule has 2 unspecified atom stereocenters. The van der Waals surface area contributed by atoms with E-state index in [-0.39, 0.29) is 6.10 Å². The van der Waals surface area contributed by atoms with Gasteiger partial charge in [0.1, 0.15) is 0 Å². The summed E-state index contributed by atoms with van der Waals surface area (Å²) in [6.07, 6.45) is 9.68. The largest absolute Gasteiger partial charge is 0.388 e. The molecule has 2 aliphatic carbocycles. The number of fused-ring (bicyclic) bond motifs is 1. The summed E-state index contributed by atoms with van der Waals surface area (Å²) in [5, 5.41) is 10.7. The summed E-state index contributed by atoms with van der Waals surface area (Å²) in [6, 6.07) is 8.63. The highest BCUT2D eigenvalue weighted by molar-refractivity contribution is 5.75. The van der Waals surface area contributed by atoms with Crippen LogP contribution >= 0.6 is 0 Å². The summed E-state index contributed by atoms with van der Waals surface area (Å²) in [5.41, 5.74) is 5.37. The molecule has 0 radical (unpaired) electrons. The first-order valence-electron chi connectivity index (χ1n) is 7.93. The molecular formula is C19H24O. The van der Waals surface area contributed by atoms with Crippen LogP contribution in [0.4, 0.5) is 0 Å². The highest BCUT2D eigenvalue weighted by atomic mass is 16.3. The number of hydrogen-bond acceptors (Lipinski definition) is 1. The maximum absolute atomic E-state index is 10.7. The van der Waals surface area contributed by atoms with Crippen molar-refractivity contribution in [1.29, 1.82) is 0 Å². The number of allylic oxidation sites excluding steroid dienone is 2. The summed E-state index contributed by atoms with van der Waals surface area (Å²) >= 11 is 0. The first-order chi connectivity index (χ1) is 9.81. The quantitative estimate of drug-likeness (QED) is 0.587. The Balaban J connectivity index is 2.15. The van der Waals surface area contributed by atoms with Crippen molar-refractivity contribution in [3.63, 3.8) is 0 Å². The molecular weight excluding hydrogens is 244 g/mol. The summed E-state index contributed by atoms with van der Waals surface area (Å²) in [5.74, 6) is 0.458. The predicted molar refractivity (Wildman–Crippen MR) is 84.5 cm³/mol. The van der Waals surface area contributed by atoms with Crippen LogP contribution in [0.15, 0.2) is 42.5 Å². The molecule has 2 aliphatic rings. The molecule has 1 N–H and O–H groups in total. The van der Waals surface area contributed by atoms with Gasteiger partial charge in [0.15, 0.2) is 0 Å². The maximum atomic E-state index is 10.7. The monoisotopic (exact) mass is 268 g/mol. The van der Waals surface area contributed by atoms with Crippen molar-refractivity contribution in [3.05, 3.63) is 53.6 Å². The molecule has 20 heavy (non-hydrogen) atoms. The molecule has 0 amide bonds. The topological polar surface area (TPSA) is 20.2 Å². The second-order valence-electron chi connectivity index (χ2n) is 6.09. The minimum absolute atomic E-state index is 0.297. The Bertz CT molecular complexity index is 526. The normalized spacial score (nSPS) is 30.4. The average molecular weight is 268 g/mol. The molecule has 1 saturated carbocycles. The lowest BCUT2D eigenvalue weighted by molar-refractivity contribution is 0.219. The molecule has 106 valence electrons.